The highest BCUT2D eigenvalue weighted by Gasteiger charge is 2.25. The molecule has 0 aliphatic heterocycles. The van der Waals surface area contributed by atoms with Crippen molar-refractivity contribution < 1.29 is 13.6 Å². The second-order valence-corrected chi connectivity index (χ2v) is 14.6. The van der Waals surface area contributed by atoms with Crippen LogP contribution in [0.3, 0.4) is 0 Å². The maximum absolute atomic E-state index is 13.4. The van der Waals surface area contributed by atoms with Gasteiger partial charge in [-0.05, 0) is 30.6 Å². The van der Waals surface area contributed by atoms with E-state index >= 15 is 0 Å². The molecule has 0 aromatic rings. The van der Waals surface area contributed by atoms with Crippen LogP contribution in [0.4, 0.5) is 0 Å². The summed E-state index contributed by atoms with van der Waals surface area (Å²) in [6, 6.07) is 0. The predicted molar refractivity (Wildman–Crippen MR) is 160 cm³/mol. The lowest BCUT2D eigenvalue weighted by Crippen LogP contribution is -1.99. The predicted octanol–water partition coefficient (Wildman–Crippen LogP) is 12.3. The van der Waals surface area contributed by atoms with E-state index < -0.39 is 6.80 Å². The molecule has 0 spiro atoms. The van der Waals surface area contributed by atoms with Crippen LogP contribution in [0, 0.1) is 0 Å². The molecule has 0 aromatic heterocycles. The van der Waals surface area contributed by atoms with Gasteiger partial charge in [-0.3, -0.25) is 0 Å². The van der Waals surface area contributed by atoms with Gasteiger partial charge in [-0.1, -0.05) is 156 Å². The fourth-order valence-electron chi connectivity index (χ4n) is 4.35. The summed E-state index contributed by atoms with van der Waals surface area (Å²) < 4.78 is 25.2. The third-order valence-electron chi connectivity index (χ3n) is 6.74. The lowest BCUT2D eigenvalue weighted by molar-refractivity contribution is 0.212. The average molecular weight is 535 g/mol. The van der Waals surface area contributed by atoms with Gasteiger partial charge >= 0.3 is 6.80 Å². The molecule has 0 radical (unpaired) electrons. The van der Waals surface area contributed by atoms with E-state index in [4.69, 9.17) is 9.05 Å². The summed E-state index contributed by atoms with van der Waals surface area (Å²) in [7, 11) is 0. The van der Waals surface area contributed by atoms with E-state index in [1.54, 1.807) is 0 Å². The largest absolute Gasteiger partial charge is 0.389 e. The third-order valence-corrected chi connectivity index (χ3v) is 10.7. The maximum atomic E-state index is 13.4. The van der Waals surface area contributed by atoms with Crippen molar-refractivity contribution in [2.24, 2.45) is 0 Å². The summed E-state index contributed by atoms with van der Waals surface area (Å²) in [6.07, 6.45) is 30.7. The van der Waals surface area contributed by atoms with Crippen molar-refractivity contribution >= 4 is 18.2 Å². The summed E-state index contributed by atoms with van der Waals surface area (Å²) in [5, 5.41) is 0. The van der Waals surface area contributed by atoms with Gasteiger partial charge in [0.25, 0.3) is 0 Å². The molecular formula is C30H63O3PS. The van der Waals surface area contributed by atoms with E-state index in [0.717, 1.165) is 25.0 Å². The van der Waals surface area contributed by atoms with Gasteiger partial charge < -0.3 is 9.05 Å². The van der Waals surface area contributed by atoms with Gasteiger partial charge in [0.2, 0.25) is 0 Å². The number of hydrogen-bond donors (Lipinski definition) is 0. The minimum Gasteiger partial charge on any atom is -0.301 e. The number of hydrogen-bond acceptors (Lipinski definition) is 4. The fraction of sp³-hybridized carbons (Fsp3) is 1.00. The molecule has 3 nitrogen and oxygen atoms in total. The lowest BCUT2D eigenvalue weighted by atomic mass is 10.1. The zero-order valence-corrected chi connectivity index (χ0v) is 25.9. The molecule has 0 aromatic carbocycles. The first-order valence-electron chi connectivity index (χ1n) is 15.7. The summed E-state index contributed by atoms with van der Waals surface area (Å²) in [5.41, 5.74) is 0. The molecule has 0 aliphatic carbocycles. The van der Waals surface area contributed by atoms with E-state index in [9.17, 15) is 4.57 Å². The van der Waals surface area contributed by atoms with Crippen LogP contribution in [-0.2, 0) is 13.6 Å². The Bertz CT molecular complexity index is 386. The summed E-state index contributed by atoms with van der Waals surface area (Å²) in [4.78, 5) is 0. The molecular weight excluding hydrogens is 471 g/mol. The molecule has 0 saturated heterocycles. The van der Waals surface area contributed by atoms with Crippen LogP contribution in [0.1, 0.15) is 175 Å². The molecule has 0 saturated carbocycles. The van der Waals surface area contributed by atoms with Crippen molar-refractivity contribution in [2.75, 3.05) is 19.0 Å². The molecule has 0 atom stereocenters. The highest BCUT2D eigenvalue weighted by Crippen LogP contribution is 2.61. The second kappa shape index (κ2) is 29.1. The van der Waals surface area contributed by atoms with Crippen molar-refractivity contribution in [3.63, 3.8) is 0 Å². The third kappa shape index (κ3) is 27.4. The molecule has 0 rings (SSSR count). The molecule has 0 bridgehead atoms. The van der Waals surface area contributed by atoms with Gasteiger partial charge in [0, 0.05) is 5.75 Å². The first-order chi connectivity index (χ1) is 17.2. The molecule has 5 heteroatoms. The number of rotatable bonds is 30. The maximum Gasteiger partial charge on any atom is 0.389 e. The molecule has 35 heavy (non-hydrogen) atoms. The Balaban J connectivity index is 4.06. The highest BCUT2D eigenvalue weighted by molar-refractivity contribution is 8.55. The van der Waals surface area contributed by atoms with E-state index in [1.165, 1.54) is 146 Å². The second-order valence-electron chi connectivity index (χ2n) is 10.4. The van der Waals surface area contributed by atoms with Gasteiger partial charge in [-0.25, -0.2) is 4.57 Å². The van der Waals surface area contributed by atoms with Crippen LogP contribution in [0.15, 0.2) is 0 Å². The van der Waals surface area contributed by atoms with Gasteiger partial charge in [-0.15, -0.1) is 0 Å². The van der Waals surface area contributed by atoms with Gasteiger partial charge in [-0.2, -0.15) is 0 Å². The lowest BCUT2D eigenvalue weighted by Gasteiger charge is -2.18. The van der Waals surface area contributed by atoms with E-state index in [1.807, 2.05) is 0 Å². The summed E-state index contributed by atoms with van der Waals surface area (Å²) in [6.45, 7) is 4.93. The molecule has 0 heterocycles. The molecule has 0 aliphatic rings. The minimum atomic E-state index is -3.01. The van der Waals surface area contributed by atoms with Crippen molar-refractivity contribution in [1.29, 1.82) is 0 Å². The molecule has 0 N–H and O–H groups in total. The van der Waals surface area contributed by atoms with Crippen LogP contribution in [0.5, 0.6) is 0 Å². The topological polar surface area (TPSA) is 35.5 Å². The zero-order valence-electron chi connectivity index (χ0n) is 24.2. The zero-order chi connectivity index (χ0) is 25.7. The summed E-state index contributed by atoms with van der Waals surface area (Å²) >= 11 is 1.46. The van der Waals surface area contributed by atoms with Crippen LogP contribution in [0.2, 0.25) is 0 Å². The van der Waals surface area contributed by atoms with E-state index in [-0.39, 0.29) is 0 Å². The van der Waals surface area contributed by atoms with Crippen LogP contribution >= 0.6 is 18.2 Å². The van der Waals surface area contributed by atoms with Crippen LogP contribution in [-0.4, -0.2) is 19.0 Å². The fourth-order valence-corrected chi connectivity index (χ4v) is 7.79. The average Bonchev–Trinajstić information content (AvgIpc) is 2.86. The highest BCUT2D eigenvalue weighted by atomic mass is 32.7. The van der Waals surface area contributed by atoms with Crippen molar-refractivity contribution in [1.82, 2.24) is 0 Å². The monoisotopic (exact) mass is 534 g/mol. The quantitative estimate of drug-likeness (QED) is 0.0678. The Morgan fingerprint density at radius 2 is 0.714 bits per heavy atom. The molecule has 0 amide bonds. The molecule has 212 valence electrons. The van der Waals surface area contributed by atoms with Crippen molar-refractivity contribution in [3.8, 4) is 0 Å². The Hall–Kier alpha value is 0.500. The minimum absolute atomic E-state index is 0.577. The van der Waals surface area contributed by atoms with Crippen LogP contribution in [0.25, 0.3) is 0 Å². The van der Waals surface area contributed by atoms with E-state index in [2.05, 4.69) is 20.8 Å². The Morgan fingerprint density at radius 3 is 1.06 bits per heavy atom. The first-order valence-corrected chi connectivity index (χ1v) is 18.9. The molecule has 0 unspecified atom stereocenters. The van der Waals surface area contributed by atoms with Gasteiger partial charge in [0.1, 0.15) is 0 Å². The standard InChI is InChI=1S/C30H63O3PS/c1-4-7-10-13-16-19-22-25-28-32-34(31,33-29-26-23-20-17-14-11-8-5-2)35-30-27-24-21-18-15-12-9-6-3/h4-30H2,1-3H3. The Labute approximate surface area is 225 Å². The van der Waals surface area contributed by atoms with E-state index in [0.29, 0.717) is 13.2 Å². The number of unbranched alkanes of at least 4 members (excludes halogenated alkanes) is 21. The summed E-state index contributed by atoms with van der Waals surface area (Å²) in [5.74, 6) is 0.890. The molecule has 0 fully saturated rings. The normalized spacial score (nSPS) is 12.0. The Morgan fingerprint density at radius 1 is 0.429 bits per heavy atom. The van der Waals surface area contributed by atoms with Crippen LogP contribution < -0.4 is 0 Å². The van der Waals surface area contributed by atoms with Gasteiger partial charge in [0.15, 0.2) is 0 Å². The van der Waals surface area contributed by atoms with Crippen molar-refractivity contribution in [2.45, 2.75) is 175 Å². The Kier molecular flexibility index (Phi) is 29.5. The van der Waals surface area contributed by atoms with Gasteiger partial charge in [0.05, 0.1) is 13.2 Å². The SMILES string of the molecule is CCCCCCCCCCOP(=O)(OCCCCCCCCCC)SCCCCCCCCCC. The first kappa shape index (κ1) is 35.5. The van der Waals surface area contributed by atoms with Crippen molar-refractivity contribution in [3.05, 3.63) is 0 Å². The smallest absolute Gasteiger partial charge is 0.301 e.